The number of morpholine rings is 1. The van der Waals surface area contributed by atoms with Crippen LogP contribution in [0, 0.1) is 0 Å². The molecule has 0 aromatic heterocycles. The van der Waals surface area contributed by atoms with E-state index in [1.54, 1.807) is 7.11 Å². The highest BCUT2D eigenvalue weighted by molar-refractivity contribution is 5.31. The van der Waals surface area contributed by atoms with E-state index in [4.69, 9.17) is 14.2 Å². The predicted molar refractivity (Wildman–Crippen MR) is 65.7 cm³/mol. The summed E-state index contributed by atoms with van der Waals surface area (Å²) in [5.41, 5.74) is 0. The quantitative estimate of drug-likeness (QED) is 0.841. The minimum atomic E-state index is 0.419. The summed E-state index contributed by atoms with van der Waals surface area (Å²) in [6.07, 6.45) is 0.964. The summed E-state index contributed by atoms with van der Waals surface area (Å²) in [5, 5.41) is 3.40. The van der Waals surface area contributed by atoms with E-state index in [0.717, 1.165) is 37.7 Å². The van der Waals surface area contributed by atoms with Gasteiger partial charge in [-0.25, -0.2) is 0 Å². The minimum Gasteiger partial charge on any atom is -0.497 e. The average Bonchev–Trinajstić information content (AvgIpc) is 2.41. The summed E-state index contributed by atoms with van der Waals surface area (Å²) < 4.78 is 16.1. The van der Waals surface area contributed by atoms with Crippen LogP contribution in [0.3, 0.4) is 0 Å². The van der Waals surface area contributed by atoms with E-state index >= 15 is 0 Å². The molecule has 1 N–H and O–H groups in total. The Kier molecular flexibility index (Phi) is 4.64. The van der Waals surface area contributed by atoms with Crippen molar-refractivity contribution in [3.8, 4) is 11.5 Å². The first-order valence-corrected chi connectivity index (χ1v) is 5.96. The van der Waals surface area contributed by atoms with Crippen LogP contribution in [0.1, 0.15) is 6.42 Å². The highest BCUT2D eigenvalue weighted by atomic mass is 16.5. The molecule has 1 aliphatic heterocycles. The number of methoxy groups -OCH3 is 1. The largest absolute Gasteiger partial charge is 0.497 e. The van der Waals surface area contributed by atoms with Crippen molar-refractivity contribution >= 4 is 0 Å². The molecule has 1 saturated heterocycles. The Morgan fingerprint density at radius 1 is 1.29 bits per heavy atom. The molecule has 0 spiro atoms. The molecule has 0 amide bonds. The third kappa shape index (κ3) is 3.91. The van der Waals surface area contributed by atoms with E-state index in [0.29, 0.717) is 12.6 Å². The maximum absolute atomic E-state index is 5.66. The van der Waals surface area contributed by atoms with E-state index in [1.807, 2.05) is 24.3 Å². The molecule has 1 aromatic carbocycles. The molecule has 0 aliphatic carbocycles. The monoisotopic (exact) mass is 237 g/mol. The van der Waals surface area contributed by atoms with Crippen molar-refractivity contribution in [3.63, 3.8) is 0 Å². The van der Waals surface area contributed by atoms with Crippen LogP contribution in [-0.4, -0.2) is 39.5 Å². The summed E-state index contributed by atoms with van der Waals surface area (Å²) in [5.74, 6) is 1.72. The second kappa shape index (κ2) is 6.47. The maximum Gasteiger partial charge on any atom is 0.119 e. The molecule has 1 heterocycles. The van der Waals surface area contributed by atoms with Crippen molar-refractivity contribution in [3.05, 3.63) is 24.3 Å². The fourth-order valence-electron chi connectivity index (χ4n) is 1.80. The van der Waals surface area contributed by atoms with Gasteiger partial charge in [0, 0.05) is 12.6 Å². The topological polar surface area (TPSA) is 39.7 Å². The molecule has 94 valence electrons. The Morgan fingerprint density at radius 3 is 2.71 bits per heavy atom. The van der Waals surface area contributed by atoms with Gasteiger partial charge in [0.05, 0.1) is 26.9 Å². The highest BCUT2D eigenvalue weighted by Gasteiger charge is 2.12. The van der Waals surface area contributed by atoms with Crippen LogP contribution in [0.25, 0.3) is 0 Å². The lowest BCUT2D eigenvalue weighted by Crippen LogP contribution is -2.41. The maximum atomic E-state index is 5.66. The molecule has 1 unspecified atom stereocenters. The van der Waals surface area contributed by atoms with Crippen molar-refractivity contribution in [2.45, 2.75) is 12.5 Å². The van der Waals surface area contributed by atoms with Crippen LogP contribution in [0.4, 0.5) is 0 Å². The smallest absolute Gasteiger partial charge is 0.119 e. The average molecular weight is 237 g/mol. The number of rotatable bonds is 5. The van der Waals surface area contributed by atoms with Crippen molar-refractivity contribution in [1.82, 2.24) is 5.32 Å². The van der Waals surface area contributed by atoms with Gasteiger partial charge in [-0.1, -0.05) is 0 Å². The molecule has 4 nitrogen and oxygen atoms in total. The van der Waals surface area contributed by atoms with Gasteiger partial charge in [0.1, 0.15) is 11.5 Å². The Labute approximate surface area is 102 Å². The summed E-state index contributed by atoms with van der Waals surface area (Å²) in [6.45, 7) is 3.24. The Balaban J connectivity index is 1.69. The number of nitrogens with one attached hydrogen (secondary N) is 1. The third-order valence-electron chi connectivity index (χ3n) is 2.79. The lowest BCUT2D eigenvalue weighted by atomic mass is 10.2. The normalized spacial score (nSPS) is 19.9. The lowest BCUT2D eigenvalue weighted by Gasteiger charge is -2.23. The Bertz CT molecular complexity index is 320. The molecule has 17 heavy (non-hydrogen) atoms. The van der Waals surface area contributed by atoms with Crippen molar-refractivity contribution in [2.24, 2.45) is 0 Å². The van der Waals surface area contributed by atoms with E-state index in [-0.39, 0.29) is 0 Å². The molecule has 2 rings (SSSR count). The fourth-order valence-corrected chi connectivity index (χ4v) is 1.80. The van der Waals surface area contributed by atoms with Gasteiger partial charge < -0.3 is 19.5 Å². The van der Waals surface area contributed by atoms with E-state index in [2.05, 4.69) is 5.32 Å². The summed E-state index contributed by atoms with van der Waals surface area (Å²) in [7, 11) is 1.66. The molecule has 1 aromatic rings. The second-order valence-corrected chi connectivity index (χ2v) is 4.04. The zero-order chi connectivity index (χ0) is 11.9. The van der Waals surface area contributed by atoms with Gasteiger partial charge >= 0.3 is 0 Å². The number of ether oxygens (including phenoxy) is 3. The number of hydrogen-bond donors (Lipinski definition) is 1. The van der Waals surface area contributed by atoms with Gasteiger partial charge in [-0.3, -0.25) is 0 Å². The molecular weight excluding hydrogens is 218 g/mol. The van der Waals surface area contributed by atoms with Gasteiger partial charge in [-0.2, -0.15) is 0 Å². The first kappa shape index (κ1) is 12.2. The van der Waals surface area contributed by atoms with Crippen molar-refractivity contribution in [2.75, 3.05) is 33.5 Å². The third-order valence-corrected chi connectivity index (χ3v) is 2.79. The van der Waals surface area contributed by atoms with Gasteiger partial charge in [0.2, 0.25) is 0 Å². The molecule has 1 aliphatic rings. The molecule has 0 radical (unpaired) electrons. The summed E-state index contributed by atoms with van der Waals surface area (Å²) >= 11 is 0. The minimum absolute atomic E-state index is 0.419. The van der Waals surface area contributed by atoms with Crippen LogP contribution in [0.2, 0.25) is 0 Å². The molecular formula is C13H19NO3. The van der Waals surface area contributed by atoms with Crippen LogP contribution >= 0.6 is 0 Å². The first-order chi connectivity index (χ1) is 8.38. The van der Waals surface area contributed by atoms with Crippen LogP contribution in [0.15, 0.2) is 24.3 Å². The van der Waals surface area contributed by atoms with Crippen LogP contribution in [-0.2, 0) is 4.74 Å². The summed E-state index contributed by atoms with van der Waals surface area (Å²) in [6, 6.07) is 8.06. The molecule has 1 atom stereocenters. The Morgan fingerprint density at radius 2 is 2.06 bits per heavy atom. The summed E-state index contributed by atoms with van der Waals surface area (Å²) in [4.78, 5) is 0. The Hall–Kier alpha value is -1.26. The SMILES string of the molecule is COc1ccc(OCCC2COCCN2)cc1. The van der Waals surface area contributed by atoms with Crippen molar-refractivity contribution in [1.29, 1.82) is 0 Å². The van der Waals surface area contributed by atoms with E-state index in [9.17, 15) is 0 Å². The van der Waals surface area contributed by atoms with Gasteiger partial charge in [0.15, 0.2) is 0 Å². The predicted octanol–water partition coefficient (Wildman–Crippen LogP) is 1.45. The first-order valence-electron chi connectivity index (χ1n) is 5.96. The number of hydrogen-bond acceptors (Lipinski definition) is 4. The molecule has 0 bridgehead atoms. The number of benzene rings is 1. The molecule has 1 fully saturated rings. The standard InChI is InChI=1S/C13H19NO3/c1-15-12-2-4-13(5-3-12)17-8-6-11-10-16-9-7-14-11/h2-5,11,14H,6-10H2,1H3. The zero-order valence-corrected chi connectivity index (χ0v) is 10.1. The molecule has 0 saturated carbocycles. The van der Waals surface area contributed by atoms with Gasteiger partial charge in [0.25, 0.3) is 0 Å². The van der Waals surface area contributed by atoms with Crippen LogP contribution in [0.5, 0.6) is 11.5 Å². The molecule has 4 heteroatoms. The zero-order valence-electron chi connectivity index (χ0n) is 10.1. The van der Waals surface area contributed by atoms with Crippen molar-refractivity contribution < 1.29 is 14.2 Å². The van der Waals surface area contributed by atoms with E-state index in [1.165, 1.54) is 0 Å². The van der Waals surface area contributed by atoms with Gasteiger partial charge in [-0.05, 0) is 30.7 Å². The fraction of sp³-hybridized carbons (Fsp3) is 0.538. The lowest BCUT2D eigenvalue weighted by molar-refractivity contribution is 0.0691. The highest BCUT2D eigenvalue weighted by Crippen LogP contribution is 2.17. The van der Waals surface area contributed by atoms with Crippen LogP contribution < -0.4 is 14.8 Å². The van der Waals surface area contributed by atoms with Gasteiger partial charge in [-0.15, -0.1) is 0 Å². The van der Waals surface area contributed by atoms with E-state index < -0.39 is 0 Å². The second-order valence-electron chi connectivity index (χ2n) is 4.04.